The first-order valence-electron chi connectivity index (χ1n) is 9.37. The summed E-state index contributed by atoms with van der Waals surface area (Å²) in [6.07, 6.45) is 0. The maximum absolute atomic E-state index is 12.1. The molecule has 3 aromatic carbocycles. The second kappa shape index (κ2) is 9.32. The molecule has 4 aromatic rings. The summed E-state index contributed by atoms with van der Waals surface area (Å²) in [5.41, 5.74) is 2.13. The molecule has 0 bridgehead atoms. The van der Waals surface area contributed by atoms with Crippen molar-refractivity contribution in [3.63, 3.8) is 0 Å². The minimum absolute atomic E-state index is 0.143. The fraction of sp³-hybridized carbons (Fsp3) is 0.0870. The van der Waals surface area contributed by atoms with E-state index in [1.807, 2.05) is 30.3 Å². The lowest BCUT2D eigenvalue weighted by atomic mass is 10.2. The minimum Gasteiger partial charge on any atom is -0.497 e. The van der Waals surface area contributed by atoms with Crippen LogP contribution in [-0.2, 0) is 4.79 Å². The van der Waals surface area contributed by atoms with Crippen LogP contribution < -0.4 is 14.8 Å². The molecule has 31 heavy (non-hydrogen) atoms. The van der Waals surface area contributed by atoms with E-state index in [0.29, 0.717) is 33.7 Å². The standard InChI is InChI=1S/C23H18ClN3O4/c1-29-19-11-5-15(6-12-19)23-26-22(27-31-23)16-3-2-4-20(13-16)30-14-21(28)25-18-9-7-17(24)8-10-18/h2-13H,14H2,1H3,(H,25,28). The Kier molecular flexibility index (Phi) is 6.14. The number of methoxy groups -OCH3 is 1. The number of amides is 1. The predicted octanol–water partition coefficient (Wildman–Crippen LogP) is 5.08. The quantitative estimate of drug-likeness (QED) is 0.435. The van der Waals surface area contributed by atoms with Crippen LogP contribution in [0.2, 0.25) is 5.02 Å². The van der Waals surface area contributed by atoms with E-state index in [1.165, 1.54) is 0 Å². The molecule has 1 amide bonds. The van der Waals surface area contributed by atoms with Crippen molar-refractivity contribution in [2.45, 2.75) is 0 Å². The number of anilines is 1. The number of ether oxygens (including phenoxy) is 2. The van der Waals surface area contributed by atoms with Crippen LogP contribution in [0.3, 0.4) is 0 Å². The van der Waals surface area contributed by atoms with Crippen LogP contribution in [0, 0.1) is 0 Å². The van der Waals surface area contributed by atoms with Crippen molar-refractivity contribution < 1.29 is 18.8 Å². The molecule has 0 aliphatic heterocycles. The summed E-state index contributed by atoms with van der Waals surface area (Å²) < 4.78 is 16.1. The van der Waals surface area contributed by atoms with Gasteiger partial charge in [0.05, 0.1) is 7.11 Å². The molecule has 1 aromatic heterocycles. The lowest BCUT2D eigenvalue weighted by molar-refractivity contribution is -0.118. The average Bonchev–Trinajstić information content (AvgIpc) is 3.30. The number of halogens is 1. The van der Waals surface area contributed by atoms with Crippen LogP contribution in [0.5, 0.6) is 11.5 Å². The molecule has 0 spiro atoms. The van der Waals surface area contributed by atoms with Gasteiger partial charge < -0.3 is 19.3 Å². The maximum atomic E-state index is 12.1. The van der Waals surface area contributed by atoms with Crippen LogP contribution in [0.4, 0.5) is 5.69 Å². The summed E-state index contributed by atoms with van der Waals surface area (Å²) in [7, 11) is 1.61. The third-order valence-corrected chi connectivity index (χ3v) is 4.61. The zero-order valence-corrected chi connectivity index (χ0v) is 17.3. The van der Waals surface area contributed by atoms with Crippen LogP contribution in [0.25, 0.3) is 22.8 Å². The lowest BCUT2D eigenvalue weighted by Crippen LogP contribution is -2.20. The Balaban J connectivity index is 1.40. The van der Waals surface area contributed by atoms with Gasteiger partial charge in [-0.15, -0.1) is 0 Å². The number of nitrogens with one attached hydrogen (secondary N) is 1. The van der Waals surface area contributed by atoms with E-state index in [1.54, 1.807) is 49.6 Å². The van der Waals surface area contributed by atoms with Crippen molar-refractivity contribution in [2.75, 3.05) is 19.0 Å². The highest BCUT2D eigenvalue weighted by atomic mass is 35.5. The highest BCUT2D eigenvalue weighted by Crippen LogP contribution is 2.26. The topological polar surface area (TPSA) is 86.5 Å². The van der Waals surface area contributed by atoms with Crippen LogP contribution >= 0.6 is 11.6 Å². The monoisotopic (exact) mass is 435 g/mol. The molecular weight excluding hydrogens is 418 g/mol. The Morgan fingerprint density at radius 2 is 1.77 bits per heavy atom. The fourth-order valence-electron chi connectivity index (χ4n) is 2.80. The molecule has 4 rings (SSSR count). The van der Waals surface area contributed by atoms with E-state index in [9.17, 15) is 4.79 Å². The molecule has 0 unspecified atom stereocenters. The van der Waals surface area contributed by atoms with E-state index in [2.05, 4.69) is 15.5 Å². The third kappa shape index (κ3) is 5.21. The molecule has 1 heterocycles. The maximum Gasteiger partial charge on any atom is 0.262 e. The molecule has 0 atom stereocenters. The summed E-state index contributed by atoms with van der Waals surface area (Å²) in [5.74, 6) is 1.79. The van der Waals surface area contributed by atoms with Crippen molar-refractivity contribution in [1.29, 1.82) is 0 Å². The van der Waals surface area contributed by atoms with Crippen molar-refractivity contribution in [1.82, 2.24) is 10.1 Å². The molecule has 8 heteroatoms. The van der Waals surface area contributed by atoms with Gasteiger partial charge in [0.15, 0.2) is 6.61 Å². The van der Waals surface area contributed by atoms with Gasteiger partial charge >= 0.3 is 0 Å². The van der Waals surface area contributed by atoms with E-state index in [-0.39, 0.29) is 12.5 Å². The Bertz CT molecular complexity index is 1170. The number of benzene rings is 3. The Hall–Kier alpha value is -3.84. The molecule has 0 radical (unpaired) electrons. The van der Waals surface area contributed by atoms with E-state index in [0.717, 1.165) is 11.3 Å². The molecule has 7 nitrogen and oxygen atoms in total. The molecular formula is C23H18ClN3O4. The van der Waals surface area contributed by atoms with E-state index >= 15 is 0 Å². The number of carbonyl (C=O) groups is 1. The number of carbonyl (C=O) groups excluding carboxylic acids is 1. The van der Waals surface area contributed by atoms with Gasteiger partial charge in [0, 0.05) is 21.8 Å². The number of aromatic nitrogens is 2. The van der Waals surface area contributed by atoms with E-state index < -0.39 is 0 Å². The smallest absolute Gasteiger partial charge is 0.262 e. The van der Waals surface area contributed by atoms with Gasteiger partial charge in [-0.1, -0.05) is 28.9 Å². The van der Waals surface area contributed by atoms with Crippen molar-refractivity contribution >= 4 is 23.2 Å². The summed E-state index contributed by atoms with van der Waals surface area (Å²) in [5, 5.41) is 7.39. The predicted molar refractivity (Wildman–Crippen MR) is 117 cm³/mol. The van der Waals surface area contributed by atoms with Gasteiger partial charge in [0.1, 0.15) is 11.5 Å². The lowest BCUT2D eigenvalue weighted by Gasteiger charge is -2.08. The Morgan fingerprint density at radius 3 is 2.52 bits per heavy atom. The highest BCUT2D eigenvalue weighted by molar-refractivity contribution is 6.30. The van der Waals surface area contributed by atoms with Gasteiger partial charge in [0.2, 0.25) is 5.82 Å². The summed E-state index contributed by atoms with van der Waals surface area (Å²) in [6, 6.07) is 21.3. The Morgan fingerprint density at radius 1 is 1.00 bits per heavy atom. The first kappa shape index (κ1) is 20.4. The van der Waals surface area contributed by atoms with Gasteiger partial charge in [-0.05, 0) is 60.7 Å². The Labute approximate surface area is 183 Å². The van der Waals surface area contributed by atoms with Crippen molar-refractivity contribution in [2.24, 2.45) is 0 Å². The van der Waals surface area contributed by atoms with Crippen molar-refractivity contribution in [3.8, 4) is 34.3 Å². The second-order valence-corrected chi connectivity index (χ2v) is 6.96. The largest absolute Gasteiger partial charge is 0.497 e. The number of hydrogen-bond acceptors (Lipinski definition) is 6. The normalized spacial score (nSPS) is 10.5. The fourth-order valence-corrected chi connectivity index (χ4v) is 2.92. The summed E-state index contributed by atoms with van der Waals surface area (Å²) in [4.78, 5) is 16.6. The molecule has 1 N–H and O–H groups in total. The minimum atomic E-state index is -0.283. The zero-order valence-electron chi connectivity index (χ0n) is 16.5. The molecule has 0 saturated carbocycles. The van der Waals surface area contributed by atoms with Gasteiger partial charge in [-0.25, -0.2) is 0 Å². The van der Waals surface area contributed by atoms with Crippen LogP contribution in [0.15, 0.2) is 77.3 Å². The average molecular weight is 436 g/mol. The molecule has 0 aliphatic rings. The third-order valence-electron chi connectivity index (χ3n) is 4.35. The van der Waals surface area contributed by atoms with Crippen LogP contribution in [-0.4, -0.2) is 29.8 Å². The van der Waals surface area contributed by atoms with Crippen LogP contribution in [0.1, 0.15) is 0 Å². The molecule has 0 saturated heterocycles. The van der Waals surface area contributed by atoms with Gasteiger partial charge in [0.25, 0.3) is 11.8 Å². The van der Waals surface area contributed by atoms with E-state index in [4.69, 9.17) is 25.6 Å². The highest BCUT2D eigenvalue weighted by Gasteiger charge is 2.12. The van der Waals surface area contributed by atoms with Crippen molar-refractivity contribution in [3.05, 3.63) is 77.8 Å². The zero-order chi connectivity index (χ0) is 21.6. The first-order chi connectivity index (χ1) is 15.1. The SMILES string of the molecule is COc1ccc(-c2nc(-c3cccc(OCC(=O)Nc4ccc(Cl)cc4)c3)no2)cc1. The first-order valence-corrected chi connectivity index (χ1v) is 9.75. The molecule has 156 valence electrons. The van der Waals surface area contributed by atoms with Gasteiger partial charge in [-0.3, -0.25) is 4.79 Å². The second-order valence-electron chi connectivity index (χ2n) is 6.52. The number of nitrogens with zero attached hydrogens (tertiary/aromatic N) is 2. The molecule has 0 aliphatic carbocycles. The number of rotatable bonds is 7. The number of hydrogen-bond donors (Lipinski definition) is 1. The molecule has 0 fully saturated rings. The summed E-state index contributed by atoms with van der Waals surface area (Å²) in [6.45, 7) is -0.143. The summed E-state index contributed by atoms with van der Waals surface area (Å²) >= 11 is 5.84. The van der Waals surface area contributed by atoms with Gasteiger partial charge in [-0.2, -0.15) is 4.98 Å².